The second-order valence-corrected chi connectivity index (χ2v) is 4.64. The number of ether oxygens (including phenoxy) is 2. The number of ketones is 1. The number of hydrogen-bond acceptors (Lipinski definition) is 9. The average molecular weight is 328 g/mol. The van der Waals surface area contributed by atoms with Crippen molar-refractivity contribution >= 4 is 5.78 Å². The van der Waals surface area contributed by atoms with Gasteiger partial charge in [0.05, 0.1) is 0 Å². The van der Waals surface area contributed by atoms with Gasteiger partial charge in [-0.25, -0.2) is 9.59 Å². The highest BCUT2D eigenvalue weighted by molar-refractivity contribution is 5.81. The summed E-state index contributed by atoms with van der Waals surface area (Å²) in [5.74, 6) is -1.18. The van der Waals surface area contributed by atoms with Gasteiger partial charge in [0, 0.05) is 6.42 Å². The molecular formula is C14H16O9. The van der Waals surface area contributed by atoms with Crippen LogP contribution in [0.15, 0.2) is 27.3 Å². The molecule has 0 fully saturated rings. The molecule has 2 rings (SSSR count). The van der Waals surface area contributed by atoms with Crippen LogP contribution < -0.4 is 11.6 Å². The van der Waals surface area contributed by atoms with Crippen molar-refractivity contribution in [3.8, 4) is 0 Å². The van der Waals surface area contributed by atoms with Crippen molar-refractivity contribution < 1.29 is 31.9 Å². The van der Waals surface area contributed by atoms with Crippen LogP contribution in [0.25, 0.3) is 0 Å². The minimum atomic E-state index is -1.21. The zero-order valence-corrected chi connectivity index (χ0v) is 12.9. The first-order valence-electron chi connectivity index (χ1n) is 6.85. The van der Waals surface area contributed by atoms with Crippen molar-refractivity contribution in [3.63, 3.8) is 0 Å². The molecule has 0 saturated carbocycles. The molecule has 0 aliphatic carbocycles. The molecule has 0 atom stereocenters. The summed E-state index contributed by atoms with van der Waals surface area (Å²) in [5.41, 5.74) is 0. The monoisotopic (exact) mass is 328 g/mol. The number of carbonyl (C=O) groups excluding carboxylic acids is 1. The van der Waals surface area contributed by atoms with E-state index in [2.05, 4.69) is 0 Å². The van der Waals surface area contributed by atoms with Gasteiger partial charge in [-0.15, -0.1) is 0 Å². The van der Waals surface area contributed by atoms with Gasteiger partial charge in [0.1, 0.15) is 24.7 Å². The van der Waals surface area contributed by atoms with Crippen molar-refractivity contribution in [2.75, 3.05) is 0 Å². The van der Waals surface area contributed by atoms with E-state index in [9.17, 15) is 14.4 Å². The SMILES string of the molecule is CCC(=O)C(OCc1oc(=O)oc1C)OCc1oc(=O)oc1C. The molecule has 23 heavy (non-hydrogen) atoms. The van der Waals surface area contributed by atoms with E-state index in [1.54, 1.807) is 6.92 Å². The van der Waals surface area contributed by atoms with Gasteiger partial charge in [0.2, 0.25) is 6.29 Å². The summed E-state index contributed by atoms with van der Waals surface area (Å²) in [6.07, 6.45) is -1.04. The lowest BCUT2D eigenvalue weighted by Crippen LogP contribution is -2.27. The molecule has 2 heterocycles. The van der Waals surface area contributed by atoms with Gasteiger partial charge in [-0.05, 0) is 13.8 Å². The first kappa shape index (κ1) is 17.0. The number of rotatable bonds is 8. The first-order valence-corrected chi connectivity index (χ1v) is 6.85. The zero-order chi connectivity index (χ0) is 17.0. The van der Waals surface area contributed by atoms with Gasteiger partial charge in [0.25, 0.3) is 0 Å². The molecule has 0 spiro atoms. The Labute approximate surface area is 129 Å². The molecule has 0 aliphatic rings. The van der Waals surface area contributed by atoms with Gasteiger partial charge in [-0.3, -0.25) is 4.79 Å². The molecule has 2 aromatic heterocycles. The van der Waals surface area contributed by atoms with E-state index in [0.29, 0.717) is 0 Å². The standard InChI is InChI=1S/C14H16O9/c1-4-9(15)12(18-5-10-7(2)20-13(16)22-10)19-6-11-8(3)21-14(17)23-11/h12H,4-6H2,1-3H3. The minimum absolute atomic E-state index is 0.165. The lowest BCUT2D eigenvalue weighted by Gasteiger charge is -2.15. The fourth-order valence-corrected chi connectivity index (χ4v) is 1.72. The van der Waals surface area contributed by atoms with Gasteiger partial charge >= 0.3 is 11.6 Å². The second-order valence-electron chi connectivity index (χ2n) is 4.64. The maximum atomic E-state index is 11.9. The zero-order valence-electron chi connectivity index (χ0n) is 12.9. The summed E-state index contributed by atoms with van der Waals surface area (Å²) in [5, 5.41) is 0. The van der Waals surface area contributed by atoms with E-state index in [1.807, 2.05) is 0 Å². The van der Waals surface area contributed by atoms with Crippen LogP contribution in [-0.2, 0) is 27.5 Å². The Morgan fingerprint density at radius 1 is 0.913 bits per heavy atom. The molecule has 126 valence electrons. The van der Waals surface area contributed by atoms with Crippen LogP contribution in [0.3, 0.4) is 0 Å². The molecule has 0 saturated heterocycles. The van der Waals surface area contributed by atoms with Crippen LogP contribution >= 0.6 is 0 Å². The maximum absolute atomic E-state index is 11.9. The van der Waals surface area contributed by atoms with Crippen LogP contribution in [0.1, 0.15) is 36.4 Å². The summed E-state index contributed by atoms with van der Waals surface area (Å²) in [4.78, 5) is 33.8. The molecule has 0 aromatic carbocycles. The van der Waals surface area contributed by atoms with Crippen LogP contribution in [-0.4, -0.2) is 12.1 Å². The largest absolute Gasteiger partial charge is 0.519 e. The number of Topliss-reactive ketones (excluding diaryl/α,β-unsaturated/α-hetero) is 1. The highest BCUT2D eigenvalue weighted by Crippen LogP contribution is 2.13. The average Bonchev–Trinajstić information content (AvgIpc) is 2.99. The van der Waals surface area contributed by atoms with E-state index < -0.39 is 17.9 Å². The molecule has 0 unspecified atom stereocenters. The molecule has 0 N–H and O–H groups in total. The van der Waals surface area contributed by atoms with E-state index in [-0.39, 0.29) is 48.5 Å². The molecule has 0 aliphatic heterocycles. The number of carbonyl (C=O) groups is 1. The predicted octanol–water partition coefficient (Wildman–Crippen LogP) is 1.43. The Hall–Kier alpha value is -2.39. The minimum Gasteiger partial charge on any atom is -0.396 e. The quantitative estimate of drug-likeness (QED) is 0.662. The van der Waals surface area contributed by atoms with Gasteiger partial charge < -0.3 is 27.1 Å². The molecular weight excluding hydrogens is 312 g/mol. The van der Waals surface area contributed by atoms with Crippen molar-refractivity contribution in [3.05, 3.63) is 44.3 Å². The molecule has 2 aromatic rings. The Bertz CT molecular complexity index is 715. The van der Waals surface area contributed by atoms with Gasteiger partial charge in [-0.2, -0.15) is 0 Å². The number of hydrogen-bond donors (Lipinski definition) is 0. The summed E-state index contributed by atoms with van der Waals surface area (Å²) < 4.78 is 29.6. The highest BCUT2D eigenvalue weighted by Gasteiger charge is 2.22. The molecule has 0 amide bonds. The Morgan fingerprint density at radius 2 is 1.35 bits per heavy atom. The van der Waals surface area contributed by atoms with Crippen LogP contribution in [0.5, 0.6) is 0 Å². The van der Waals surface area contributed by atoms with Crippen LogP contribution in [0.4, 0.5) is 0 Å². The summed E-state index contributed by atoms with van der Waals surface area (Å²) in [6.45, 7) is 4.36. The van der Waals surface area contributed by atoms with Crippen molar-refractivity contribution in [2.24, 2.45) is 0 Å². The smallest absolute Gasteiger partial charge is 0.396 e. The molecule has 0 radical (unpaired) electrons. The van der Waals surface area contributed by atoms with Crippen molar-refractivity contribution in [1.29, 1.82) is 0 Å². The Balaban J connectivity index is 2.01. The fourth-order valence-electron chi connectivity index (χ4n) is 1.72. The third-order valence-electron chi connectivity index (χ3n) is 3.01. The Morgan fingerprint density at radius 3 is 1.65 bits per heavy atom. The topological polar surface area (TPSA) is 122 Å². The van der Waals surface area contributed by atoms with Crippen molar-refractivity contribution in [1.82, 2.24) is 0 Å². The summed E-state index contributed by atoms with van der Waals surface area (Å²) >= 11 is 0. The maximum Gasteiger partial charge on any atom is 0.519 e. The van der Waals surface area contributed by atoms with Crippen molar-refractivity contribution in [2.45, 2.75) is 46.7 Å². The van der Waals surface area contributed by atoms with Gasteiger partial charge in [0.15, 0.2) is 17.3 Å². The first-order chi connectivity index (χ1) is 10.9. The fraction of sp³-hybridized carbons (Fsp3) is 0.500. The van der Waals surface area contributed by atoms with E-state index >= 15 is 0 Å². The lowest BCUT2D eigenvalue weighted by atomic mass is 10.3. The Kier molecular flexibility index (Phi) is 5.35. The number of aryl methyl sites for hydroxylation is 2. The predicted molar refractivity (Wildman–Crippen MR) is 72.6 cm³/mol. The third-order valence-corrected chi connectivity index (χ3v) is 3.01. The normalized spacial score (nSPS) is 11.3. The van der Waals surface area contributed by atoms with Gasteiger partial charge in [-0.1, -0.05) is 6.92 Å². The lowest BCUT2D eigenvalue weighted by molar-refractivity contribution is -0.179. The molecule has 9 nitrogen and oxygen atoms in total. The second kappa shape index (κ2) is 7.25. The van der Waals surface area contributed by atoms with E-state index in [0.717, 1.165) is 0 Å². The summed E-state index contributed by atoms with van der Waals surface area (Å²) in [6, 6.07) is 0. The third kappa shape index (κ3) is 4.30. The van der Waals surface area contributed by atoms with Crippen LogP contribution in [0.2, 0.25) is 0 Å². The summed E-state index contributed by atoms with van der Waals surface area (Å²) in [7, 11) is 0. The van der Waals surface area contributed by atoms with Crippen LogP contribution in [0, 0.1) is 13.8 Å². The van der Waals surface area contributed by atoms with E-state index in [1.165, 1.54) is 13.8 Å². The highest BCUT2D eigenvalue weighted by atomic mass is 16.7. The molecule has 0 bridgehead atoms. The van der Waals surface area contributed by atoms with E-state index in [4.69, 9.17) is 27.1 Å². The molecule has 9 heteroatoms.